The van der Waals surface area contributed by atoms with Gasteiger partial charge in [-0.2, -0.15) is 0 Å². The molecule has 1 saturated heterocycles. The molecule has 1 fully saturated rings. The summed E-state index contributed by atoms with van der Waals surface area (Å²) in [5.74, 6) is -0.347. The lowest BCUT2D eigenvalue weighted by Crippen LogP contribution is -2.41. The predicted molar refractivity (Wildman–Crippen MR) is 72.8 cm³/mol. The molecule has 1 aliphatic heterocycles. The Morgan fingerprint density at radius 3 is 2.68 bits per heavy atom. The van der Waals surface area contributed by atoms with Crippen molar-refractivity contribution in [1.82, 2.24) is 10.6 Å². The van der Waals surface area contributed by atoms with Crippen LogP contribution in [0.1, 0.15) is 12.0 Å². The van der Waals surface area contributed by atoms with Crippen LogP contribution in [-0.2, 0) is 11.2 Å². The highest BCUT2D eigenvalue weighted by Gasteiger charge is 2.27. The number of halogens is 2. The van der Waals surface area contributed by atoms with Crippen molar-refractivity contribution < 1.29 is 14.3 Å². The molecule has 1 aliphatic rings. The van der Waals surface area contributed by atoms with E-state index in [0.29, 0.717) is 25.9 Å². The highest BCUT2D eigenvalue weighted by atomic mass is 35.5. The maximum atomic E-state index is 12.7. The zero-order chi connectivity index (χ0) is 13.0. The van der Waals surface area contributed by atoms with Crippen LogP contribution in [0.15, 0.2) is 24.3 Å². The van der Waals surface area contributed by atoms with E-state index in [1.807, 2.05) is 0 Å². The molecular weight excluding hydrogens is 271 g/mol. The first-order chi connectivity index (χ1) is 8.65. The summed E-state index contributed by atoms with van der Waals surface area (Å²) in [6, 6.07) is 5.93. The van der Waals surface area contributed by atoms with Crippen LogP contribution in [0.5, 0.6) is 0 Å². The van der Waals surface area contributed by atoms with Gasteiger partial charge >= 0.3 is 0 Å². The molecule has 2 unspecified atom stereocenters. The molecule has 6 heteroatoms. The number of aliphatic hydroxyl groups is 1. The molecular formula is C13H18ClFN2O2. The van der Waals surface area contributed by atoms with Crippen molar-refractivity contribution in [2.75, 3.05) is 13.1 Å². The largest absolute Gasteiger partial charge is 0.392 e. The van der Waals surface area contributed by atoms with Crippen LogP contribution in [0, 0.1) is 5.82 Å². The zero-order valence-corrected chi connectivity index (χ0v) is 11.3. The number of aliphatic hydroxyl groups excluding tert-OH is 1. The SMILES string of the molecule is Cl.O=C(NCCc1ccc(F)cc1)C1CC(O)CN1. The molecule has 2 atom stereocenters. The Balaban J connectivity index is 0.00000180. The summed E-state index contributed by atoms with van der Waals surface area (Å²) in [5, 5.41) is 15.1. The lowest BCUT2D eigenvalue weighted by molar-refractivity contribution is -0.122. The van der Waals surface area contributed by atoms with Crippen molar-refractivity contribution in [3.05, 3.63) is 35.6 Å². The number of carbonyl (C=O) groups excluding carboxylic acids is 1. The number of rotatable bonds is 4. The lowest BCUT2D eigenvalue weighted by atomic mass is 10.1. The monoisotopic (exact) mass is 288 g/mol. The number of amides is 1. The van der Waals surface area contributed by atoms with Crippen LogP contribution in [0.2, 0.25) is 0 Å². The summed E-state index contributed by atoms with van der Waals surface area (Å²) in [6.07, 6.45) is 0.696. The van der Waals surface area contributed by atoms with Crippen molar-refractivity contribution in [3.8, 4) is 0 Å². The number of β-amino-alcohol motifs (C(OH)–C–C–N with tert-alkyl or cyclic N) is 1. The van der Waals surface area contributed by atoms with Gasteiger partial charge in [0.25, 0.3) is 0 Å². The van der Waals surface area contributed by atoms with E-state index >= 15 is 0 Å². The number of hydrogen-bond donors (Lipinski definition) is 3. The van der Waals surface area contributed by atoms with Crippen molar-refractivity contribution in [1.29, 1.82) is 0 Å². The summed E-state index contributed by atoms with van der Waals surface area (Å²) < 4.78 is 12.7. The van der Waals surface area contributed by atoms with Crippen LogP contribution in [0.3, 0.4) is 0 Å². The number of benzene rings is 1. The third-order valence-corrected chi connectivity index (χ3v) is 3.05. The lowest BCUT2D eigenvalue weighted by Gasteiger charge is -2.10. The van der Waals surface area contributed by atoms with Gasteiger partial charge in [0.05, 0.1) is 12.1 Å². The molecule has 1 amide bonds. The summed E-state index contributed by atoms with van der Waals surface area (Å²) in [4.78, 5) is 11.7. The molecule has 0 aromatic heterocycles. The van der Waals surface area contributed by atoms with Gasteiger partial charge < -0.3 is 15.7 Å². The molecule has 0 aliphatic carbocycles. The van der Waals surface area contributed by atoms with Gasteiger partial charge in [-0.15, -0.1) is 12.4 Å². The zero-order valence-electron chi connectivity index (χ0n) is 10.4. The standard InChI is InChI=1S/C13H17FN2O2.ClH/c14-10-3-1-9(2-4-10)5-6-15-13(18)12-7-11(17)8-16-12;/h1-4,11-12,16-17H,5-8H2,(H,15,18);1H. The molecule has 0 saturated carbocycles. The molecule has 1 heterocycles. The van der Waals surface area contributed by atoms with E-state index in [2.05, 4.69) is 10.6 Å². The van der Waals surface area contributed by atoms with E-state index < -0.39 is 6.10 Å². The minimum absolute atomic E-state index is 0. The first kappa shape index (κ1) is 15.9. The first-order valence-electron chi connectivity index (χ1n) is 6.09. The Morgan fingerprint density at radius 1 is 1.42 bits per heavy atom. The highest BCUT2D eigenvalue weighted by Crippen LogP contribution is 2.06. The van der Waals surface area contributed by atoms with Gasteiger partial charge in [0.15, 0.2) is 0 Å². The molecule has 2 rings (SSSR count). The second kappa shape index (κ2) is 7.43. The predicted octanol–water partition coefficient (Wildman–Crippen LogP) is 0.629. The average Bonchev–Trinajstić information content (AvgIpc) is 2.78. The average molecular weight is 289 g/mol. The van der Waals surface area contributed by atoms with Gasteiger partial charge in [0.2, 0.25) is 5.91 Å². The maximum Gasteiger partial charge on any atom is 0.237 e. The van der Waals surface area contributed by atoms with Crippen molar-refractivity contribution in [2.45, 2.75) is 25.0 Å². The van der Waals surface area contributed by atoms with Crippen molar-refractivity contribution in [3.63, 3.8) is 0 Å². The Kier molecular flexibility index (Phi) is 6.21. The Labute approximate surface area is 117 Å². The van der Waals surface area contributed by atoms with E-state index in [1.54, 1.807) is 12.1 Å². The summed E-state index contributed by atoms with van der Waals surface area (Å²) in [5.41, 5.74) is 0.983. The first-order valence-corrected chi connectivity index (χ1v) is 6.09. The molecule has 0 spiro atoms. The third kappa shape index (κ3) is 4.78. The maximum absolute atomic E-state index is 12.7. The van der Waals surface area contributed by atoms with Gasteiger partial charge in [-0.05, 0) is 30.5 Å². The minimum Gasteiger partial charge on any atom is -0.392 e. The summed E-state index contributed by atoms with van der Waals surface area (Å²) in [7, 11) is 0. The van der Waals surface area contributed by atoms with Crippen molar-refractivity contribution in [2.24, 2.45) is 0 Å². The quantitative estimate of drug-likeness (QED) is 0.762. The van der Waals surface area contributed by atoms with Crippen LogP contribution < -0.4 is 10.6 Å². The van der Waals surface area contributed by atoms with Gasteiger partial charge in [0.1, 0.15) is 5.82 Å². The fourth-order valence-electron chi connectivity index (χ4n) is 2.02. The fourth-order valence-corrected chi connectivity index (χ4v) is 2.02. The van der Waals surface area contributed by atoms with Crippen LogP contribution in [-0.4, -0.2) is 36.2 Å². The van der Waals surface area contributed by atoms with Gasteiger partial charge in [-0.25, -0.2) is 4.39 Å². The molecule has 106 valence electrons. The smallest absolute Gasteiger partial charge is 0.237 e. The molecule has 19 heavy (non-hydrogen) atoms. The number of nitrogens with one attached hydrogen (secondary N) is 2. The molecule has 4 nitrogen and oxygen atoms in total. The normalized spacial score (nSPS) is 21.8. The van der Waals surface area contributed by atoms with Gasteiger partial charge in [-0.3, -0.25) is 4.79 Å². The highest BCUT2D eigenvalue weighted by molar-refractivity contribution is 5.85. The van der Waals surface area contributed by atoms with Crippen molar-refractivity contribution >= 4 is 18.3 Å². The van der Waals surface area contributed by atoms with E-state index in [9.17, 15) is 14.3 Å². The van der Waals surface area contributed by atoms with Crippen LogP contribution in [0.25, 0.3) is 0 Å². The topological polar surface area (TPSA) is 61.4 Å². The minimum atomic E-state index is -0.433. The number of hydrogen-bond acceptors (Lipinski definition) is 3. The summed E-state index contributed by atoms with van der Waals surface area (Å²) in [6.45, 7) is 0.981. The molecule has 1 aromatic rings. The second-order valence-corrected chi connectivity index (χ2v) is 4.52. The molecule has 0 radical (unpaired) electrons. The Morgan fingerprint density at radius 2 is 2.11 bits per heavy atom. The molecule has 0 bridgehead atoms. The molecule has 1 aromatic carbocycles. The van der Waals surface area contributed by atoms with E-state index in [-0.39, 0.29) is 30.2 Å². The van der Waals surface area contributed by atoms with E-state index in [1.165, 1.54) is 12.1 Å². The molecule has 3 N–H and O–H groups in total. The second-order valence-electron chi connectivity index (χ2n) is 4.52. The fraction of sp³-hybridized carbons (Fsp3) is 0.462. The van der Waals surface area contributed by atoms with E-state index in [0.717, 1.165) is 5.56 Å². The number of carbonyl (C=O) groups is 1. The van der Waals surface area contributed by atoms with Gasteiger partial charge in [0, 0.05) is 13.1 Å². The van der Waals surface area contributed by atoms with E-state index in [4.69, 9.17) is 0 Å². The van der Waals surface area contributed by atoms with Crippen LogP contribution in [0.4, 0.5) is 4.39 Å². The van der Waals surface area contributed by atoms with Gasteiger partial charge in [-0.1, -0.05) is 12.1 Å². The third-order valence-electron chi connectivity index (χ3n) is 3.05. The van der Waals surface area contributed by atoms with Crippen LogP contribution >= 0.6 is 12.4 Å². The summed E-state index contributed by atoms with van der Waals surface area (Å²) >= 11 is 0. The Bertz CT molecular complexity index is 414. The Hall–Kier alpha value is -1.17.